The van der Waals surface area contributed by atoms with Gasteiger partial charge in [0.05, 0.1) is 5.56 Å². The Morgan fingerprint density at radius 1 is 1.19 bits per heavy atom. The number of hydrogen-bond acceptors (Lipinski definition) is 2. The minimum atomic E-state index is 0.173. The summed E-state index contributed by atoms with van der Waals surface area (Å²) in [6.07, 6.45) is 11.1. The number of hydrogen-bond donors (Lipinski definition) is 0. The molecule has 3 aromatic rings. The summed E-state index contributed by atoms with van der Waals surface area (Å²) >= 11 is 0. The summed E-state index contributed by atoms with van der Waals surface area (Å²) in [5.41, 5.74) is 1.93. The minimum absolute atomic E-state index is 0.173. The van der Waals surface area contributed by atoms with Crippen LogP contribution in [0.15, 0.2) is 42.9 Å². The molecule has 0 radical (unpaired) electrons. The molecule has 3 heterocycles. The molecule has 1 unspecified atom stereocenters. The van der Waals surface area contributed by atoms with Gasteiger partial charge in [-0.1, -0.05) is 18.2 Å². The molecule has 1 aromatic carbocycles. The number of aryl methyl sites for hydroxylation is 3. The topological polar surface area (TPSA) is 43.1 Å². The first-order chi connectivity index (χ1) is 12.6. The number of carbonyl (C=O) groups excluding carboxylic acids is 1. The zero-order chi connectivity index (χ0) is 18.1. The molecule has 136 valence electrons. The average molecular weight is 350 g/mol. The lowest BCUT2D eigenvalue weighted by atomic mass is 9.96. The van der Waals surface area contributed by atoms with Gasteiger partial charge in [0.25, 0.3) is 5.91 Å². The smallest absolute Gasteiger partial charge is 0.256 e. The Balaban J connectivity index is 1.57. The number of likely N-dealkylation sites (tertiary alicyclic amines) is 1. The second-order valence-electron chi connectivity index (χ2n) is 7.31. The Morgan fingerprint density at radius 2 is 2.04 bits per heavy atom. The third-order valence-corrected chi connectivity index (χ3v) is 5.64. The van der Waals surface area contributed by atoms with Crippen LogP contribution in [0.4, 0.5) is 0 Å². The number of aromatic nitrogens is 3. The summed E-state index contributed by atoms with van der Waals surface area (Å²) in [7, 11) is 4.04. The zero-order valence-corrected chi connectivity index (χ0v) is 15.6. The van der Waals surface area contributed by atoms with Crippen LogP contribution in [0.25, 0.3) is 10.9 Å². The molecular formula is C21H26N4O. The largest absolute Gasteiger partial charge is 0.350 e. The lowest BCUT2D eigenvalue weighted by Crippen LogP contribution is -2.44. The highest BCUT2D eigenvalue weighted by Crippen LogP contribution is 2.27. The van der Waals surface area contributed by atoms with Gasteiger partial charge in [-0.05, 0) is 31.7 Å². The minimum Gasteiger partial charge on any atom is -0.350 e. The van der Waals surface area contributed by atoms with E-state index in [1.165, 1.54) is 6.42 Å². The fourth-order valence-corrected chi connectivity index (χ4v) is 4.17. The van der Waals surface area contributed by atoms with Crippen LogP contribution in [0, 0.1) is 0 Å². The van der Waals surface area contributed by atoms with Crippen LogP contribution in [0.2, 0.25) is 0 Å². The third-order valence-electron chi connectivity index (χ3n) is 5.64. The molecule has 26 heavy (non-hydrogen) atoms. The summed E-state index contributed by atoms with van der Waals surface area (Å²) in [4.78, 5) is 19.9. The van der Waals surface area contributed by atoms with Crippen molar-refractivity contribution >= 4 is 16.8 Å². The average Bonchev–Trinajstić information content (AvgIpc) is 3.23. The molecule has 0 spiro atoms. The standard InChI is InChI=1S/C21H26N4O/c1-23-14-12-22-20(23)11-10-16-7-5-6-13-25(16)21(26)18-15-24(2)19-9-4-3-8-17(18)19/h3-4,8-9,12,14-16H,5-7,10-11,13H2,1-2H3. The summed E-state index contributed by atoms with van der Waals surface area (Å²) in [5, 5.41) is 1.05. The molecule has 1 saturated heterocycles. The second kappa shape index (κ2) is 6.98. The highest BCUT2D eigenvalue weighted by atomic mass is 16.2. The van der Waals surface area contributed by atoms with E-state index in [1.54, 1.807) is 0 Å². The van der Waals surface area contributed by atoms with Crippen molar-refractivity contribution in [3.05, 3.63) is 54.2 Å². The van der Waals surface area contributed by atoms with Crippen molar-refractivity contribution in [2.45, 2.75) is 38.1 Å². The SMILES string of the molecule is Cn1ccnc1CCC1CCCCN1C(=O)c1cn(C)c2ccccc12. The van der Waals surface area contributed by atoms with Crippen LogP contribution in [-0.2, 0) is 20.5 Å². The van der Waals surface area contributed by atoms with Crippen LogP contribution < -0.4 is 0 Å². The van der Waals surface area contributed by atoms with Crippen molar-refractivity contribution in [2.24, 2.45) is 14.1 Å². The number of nitrogens with zero attached hydrogens (tertiary/aromatic N) is 4. The maximum Gasteiger partial charge on any atom is 0.256 e. The predicted molar refractivity (Wildman–Crippen MR) is 103 cm³/mol. The number of piperidine rings is 1. The van der Waals surface area contributed by atoms with Gasteiger partial charge in [0.15, 0.2) is 0 Å². The van der Waals surface area contributed by atoms with Crippen LogP contribution >= 0.6 is 0 Å². The van der Waals surface area contributed by atoms with Gasteiger partial charge < -0.3 is 14.0 Å². The molecule has 1 amide bonds. The number of amides is 1. The molecular weight excluding hydrogens is 324 g/mol. The Bertz CT molecular complexity index is 923. The molecule has 0 bridgehead atoms. The molecule has 1 fully saturated rings. The predicted octanol–water partition coefficient (Wildman–Crippen LogP) is 3.54. The van der Waals surface area contributed by atoms with E-state index in [9.17, 15) is 4.79 Å². The van der Waals surface area contributed by atoms with Gasteiger partial charge in [0.2, 0.25) is 0 Å². The van der Waals surface area contributed by atoms with Gasteiger partial charge in [0, 0.05) is 62.6 Å². The van der Waals surface area contributed by atoms with E-state index in [1.807, 2.05) is 44.8 Å². The molecule has 0 aliphatic carbocycles. The fraction of sp³-hybridized carbons (Fsp3) is 0.429. The number of benzene rings is 1. The molecule has 0 N–H and O–H groups in total. The first-order valence-electron chi connectivity index (χ1n) is 9.46. The van der Waals surface area contributed by atoms with E-state index in [2.05, 4.69) is 31.2 Å². The van der Waals surface area contributed by atoms with E-state index < -0.39 is 0 Å². The number of fused-ring (bicyclic) bond motifs is 1. The van der Waals surface area contributed by atoms with Crippen molar-refractivity contribution in [1.29, 1.82) is 0 Å². The molecule has 0 saturated carbocycles. The monoisotopic (exact) mass is 350 g/mol. The van der Waals surface area contributed by atoms with Gasteiger partial charge >= 0.3 is 0 Å². The van der Waals surface area contributed by atoms with Gasteiger partial charge in [-0.15, -0.1) is 0 Å². The number of carbonyl (C=O) groups is 1. The van der Waals surface area contributed by atoms with Gasteiger partial charge in [-0.3, -0.25) is 4.79 Å². The van der Waals surface area contributed by atoms with Crippen molar-refractivity contribution in [2.75, 3.05) is 6.54 Å². The normalized spacial score (nSPS) is 17.8. The molecule has 1 aliphatic heterocycles. The zero-order valence-electron chi connectivity index (χ0n) is 15.6. The van der Waals surface area contributed by atoms with Gasteiger partial charge in [-0.2, -0.15) is 0 Å². The quantitative estimate of drug-likeness (QED) is 0.722. The van der Waals surface area contributed by atoms with Crippen molar-refractivity contribution in [1.82, 2.24) is 19.0 Å². The van der Waals surface area contributed by atoms with Crippen LogP contribution in [0.3, 0.4) is 0 Å². The fourth-order valence-electron chi connectivity index (χ4n) is 4.17. The lowest BCUT2D eigenvalue weighted by Gasteiger charge is -2.36. The summed E-state index contributed by atoms with van der Waals surface area (Å²) in [5.74, 6) is 1.26. The Hall–Kier alpha value is -2.56. The van der Waals surface area contributed by atoms with Crippen molar-refractivity contribution in [3.8, 4) is 0 Å². The Morgan fingerprint density at radius 3 is 2.85 bits per heavy atom. The van der Waals surface area contributed by atoms with Gasteiger partial charge in [-0.25, -0.2) is 4.98 Å². The molecule has 4 rings (SSSR count). The van der Waals surface area contributed by atoms with E-state index in [-0.39, 0.29) is 5.91 Å². The number of rotatable bonds is 4. The highest BCUT2D eigenvalue weighted by molar-refractivity contribution is 6.07. The lowest BCUT2D eigenvalue weighted by molar-refractivity contribution is 0.0603. The number of para-hydroxylation sites is 1. The van der Waals surface area contributed by atoms with E-state index >= 15 is 0 Å². The van der Waals surface area contributed by atoms with Crippen LogP contribution in [-0.4, -0.2) is 37.5 Å². The highest BCUT2D eigenvalue weighted by Gasteiger charge is 2.29. The van der Waals surface area contributed by atoms with Crippen LogP contribution in [0.1, 0.15) is 41.9 Å². The van der Waals surface area contributed by atoms with Gasteiger partial charge in [0.1, 0.15) is 5.82 Å². The maximum atomic E-state index is 13.4. The molecule has 1 aliphatic rings. The van der Waals surface area contributed by atoms with Crippen LogP contribution in [0.5, 0.6) is 0 Å². The molecule has 1 atom stereocenters. The van der Waals surface area contributed by atoms with E-state index in [0.29, 0.717) is 6.04 Å². The van der Waals surface area contributed by atoms with Crippen molar-refractivity contribution < 1.29 is 4.79 Å². The molecule has 2 aromatic heterocycles. The molecule has 5 heteroatoms. The molecule has 5 nitrogen and oxygen atoms in total. The maximum absolute atomic E-state index is 13.4. The van der Waals surface area contributed by atoms with E-state index in [0.717, 1.165) is 54.5 Å². The first-order valence-corrected chi connectivity index (χ1v) is 9.46. The first kappa shape index (κ1) is 16.9. The van der Waals surface area contributed by atoms with Crippen molar-refractivity contribution in [3.63, 3.8) is 0 Å². The number of imidazole rings is 1. The summed E-state index contributed by atoms with van der Waals surface area (Å²) in [6, 6.07) is 8.45. The second-order valence-corrected chi connectivity index (χ2v) is 7.31. The Kier molecular flexibility index (Phi) is 4.53. The summed E-state index contributed by atoms with van der Waals surface area (Å²) in [6.45, 7) is 0.854. The van der Waals surface area contributed by atoms with E-state index in [4.69, 9.17) is 0 Å². The Labute approximate surface area is 154 Å². The summed E-state index contributed by atoms with van der Waals surface area (Å²) < 4.78 is 4.12. The third kappa shape index (κ3) is 3.02.